The van der Waals surface area contributed by atoms with Crippen LogP contribution in [0.3, 0.4) is 0 Å². The Hall–Kier alpha value is -2.11. The van der Waals surface area contributed by atoms with Gasteiger partial charge < -0.3 is 15.3 Å². The zero-order chi connectivity index (χ0) is 15.4. The summed E-state index contributed by atoms with van der Waals surface area (Å²) in [6.07, 6.45) is 0.944. The molecule has 1 aromatic carbocycles. The predicted octanol–water partition coefficient (Wildman–Crippen LogP) is 1.87. The first-order valence-corrected chi connectivity index (χ1v) is 6.98. The topological polar surface area (TPSA) is 69.6 Å². The van der Waals surface area contributed by atoms with E-state index in [1.54, 1.807) is 17.0 Å². The number of piperidine rings is 1. The maximum absolute atomic E-state index is 13.5. The second-order valence-corrected chi connectivity index (χ2v) is 5.33. The van der Waals surface area contributed by atoms with E-state index in [0.717, 1.165) is 5.56 Å². The lowest BCUT2D eigenvalue weighted by Gasteiger charge is -2.30. The number of carboxylic acid groups (broad SMARTS) is 1. The first-order chi connectivity index (χ1) is 9.97. The summed E-state index contributed by atoms with van der Waals surface area (Å²) < 4.78 is 13.5. The first-order valence-electron chi connectivity index (χ1n) is 6.98. The number of carbonyl (C=O) groups is 2. The summed E-state index contributed by atoms with van der Waals surface area (Å²) in [7, 11) is 0. The number of hydrogen-bond acceptors (Lipinski definition) is 3. The molecule has 114 valence electrons. The normalized spacial score (nSPS) is 15.8. The summed E-state index contributed by atoms with van der Waals surface area (Å²) in [5, 5.41) is 11.7. The number of halogens is 1. The van der Waals surface area contributed by atoms with E-state index in [9.17, 15) is 14.0 Å². The number of hydrogen-bond donors (Lipinski definition) is 2. The van der Waals surface area contributed by atoms with Crippen LogP contribution in [0, 0.1) is 18.7 Å². The summed E-state index contributed by atoms with van der Waals surface area (Å²) in [6, 6.07) is 4.68. The SMILES string of the molecule is Cc1ccc(F)c(NCC(=O)N2CCC(C(=O)O)CC2)c1. The summed E-state index contributed by atoms with van der Waals surface area (Å²) in [4.78, 5) is 24.5. The molecular weight excluding hydrogens is 275 g/mol. The molecule has 6 heteroatoms. The van der Waals surface area contributed by atoms with Crippen LogP contribution in [-0.4, -0.2) is 41.5 Å². The highest BCUT2D eigenvalue weighted by Gasteiger charge is 2.26. The molecule has 0 spiro atoms. The van der Waals surface area contributed by atoms with Gasteiger partial charge in [-0.3, -0.25) is 9.59 Å². The van der Waals surface area contributed by atoms with Gasteiger partial charge in [-0.15, -0.1) is 0 Å². The van der Waals surface area contributed by atoms with Crippen LogP contribution in [0.4, 0.5) is 10.1 Å². The number of anilines is 1. The average molecular weight is 294 g/mol. The van der Waals surface area contributed by atoms with Crippen LogP contribution in [-0.2, 0) is 9.59 Å². The average Bonchev–Trinajstić information content (AvgIpc) is 2.48. The first kappa shape index (κ1) is 15.3. The lowest BCUT2D eigenvalue weighted by atomic mass is 9.97. The van der Waals surface area contributed by atoms with E-state index < -0.39 is 11.8 Å². The fourth-order valence-corrected chi connectivity index (χ4v) is 2.43. The molecule has 1 saturated heterocycles. The number of carbonyl (C=O) groups excluding carboxylic acids is 1. The number of aliphatic carboxylic acids is 1. The van der Waals surface area contributed by atoms with Crippen LogP contribution in [0.1, 0.15) is 18.4 Å². The van der Waals surface area contributed by atoms with Crippen molar-refractivity contribution in [3.8, 4) is 0 Å². The van der Waals surface area contributed by atoms with Crippen LogP contribution < -0.4 is 5.32 Å². The number of nitrogens with zero attached hydrogens (tertiary/aromatic N) is 1. The zero-order valence-electron chi connectivity index (χ0n) is 11.9. The van der Waals surface area contributed by atoms with E-state index >= 15 is 0 Å². The number of amides is 1. The number of rotatable bonds is 4. The van der Waals surface area contributed by atoms with Gasteiger partial charge in [0, 0.05) is 13.1 Å². The molecule has 0 saturated carbocycles. The molecule has 1 aromatic rings. The number of carboxylic acids is 1. The Morgan fingerprint density at radius 2 is 2.05 bits per heavy atom. The van der Waals surface area contributed by atoms with E-state index in [-0.39, 0.29) is 18.4 Å². The number of likely N-dealkylation sites (tertiary alicyclic amines) is 1. The molecule has 1 heterocycles. The van der Waals surface area contributed by atoms with Gasteiger partial charge in [0.1, 0.15) is 5.82 Å². The standard InChI is InChI=1S/C15H19FN2O3/c1-10-2-3-12(16)13(8-10)17-9-14(19)18-6-4-11(5-7-18)15(20)21/h2-3,8,11,17H,4-7,9H2,1H3,(H,20,21). The Morgan fingerprint density at radius 3 is 2.67 bits per heavy atom. The maximum atomic E-state index is 13.5. The van der Waals surface area contributed by atoms with Gasteiger partial charge in [-0.1, -0.05) is 6.07 Å². The number of nitrogens with one attached hydrogen (secondary N) is 1. The second-order valence-electron chi connectivity index (χ2n) is 5.33. The van der Waals surface area contributed by atoms with Gasteiger partial charge >= 0.3 is 5.97 Å². The molecule has 0 unspecified atom stereocenters. The lowest BCUT2D eigenvalue weighted by Crippen LogP contribution is -2.42. The molecule has 0 bridgehead atoms. The molecule has 0 atom stereocenters. The van der Waals surface area contributed by atoms with Crippen molar-refractivity contribution in [2.24, 2.45) is 5.92 Å². The smallest absolute Gasteiger partial charge is 0.306 e. The van der Waals surface area contributed by atoms with E-state index in [0.29, 0.717) is 31.6 Å². The molecule has 21 heavy (non-hydrogen) atoms. The maximum Gasteiger partial charge on any atom is 0.306 e. The monoisotopic (exact) mass is 294 g/mol. The molecule has 0 aliphatic carbocycles. The Bertz CT molecular complexity index is 540. The minimum Gasteiger partial charge on any atom is -0.481 e. The molecule has 0 aromatic heterocycles. The number of benzene rings is 1. The van der Waals surface area contributed by atoms with Gasteiger partial charge in [0.2, 0.25) is 5.91 Å². The molecule has 1 aliphatic heterocycles. The third-order valence-electron chi connectivity index (χ3n) is 3.75. The number of aryl methyl sites for hydroxylation is 1. The Kier molecular flexibility index (Phi) is 4.77. The molecule has 1 amide bonds. The molecule has 2 N–H and O–H groups in total. The van der Waals surface area contributed by atoms with Crippen LogP contribution in [0.5, 0.6) is 0 Å². The van der Waals surface area contributed by atoms with E-state index in [2.05, 4.69) is 5.32 Å². The second kappa shape index (κ2) is 6.56. The lowest BCUT2D eigenvalue weighted by molar-refractivity contribution is -0.145. The van der Waals surface area contributed by atoms with Crippen LogP contribution >= 0.6 is 0 Å². The highest BCUT2D eigenvalue weighted by molar-refractivity contribution is 5.81. The quantitative estimate of drug-likeness (QED) is 0.889. The van der Waals surface area contributed by atoms with Crippen LogP contribution in [0.2, 0.25) is 0 Å². The Labute approximate surface area is 122 Å². The van der Waals surface area contributed by atoms with Crippen LogP contribution in [0.25, 0.3) is 0 Å². The van der Waals surface area contributed by atoms with Gasteiger partial charge in [0.25, 0.3) is 0 Å². The van der Waals surface area contributed by atoms with E-state index in [4.69, 9.17) is 5.11 Å². The zero-order valence-corrected chi connectivity index (χ0v) is 11.9. The van der Waals surface area contributed by atoms with Gasteiger partial charge in [0.15, 0.2) is 0 Å². The predicted molar refractivity (Wildman–Crippen MR) is 76.6 cm³/mol. The van der Waals surface area contributed by atoms with Gasteiger partial charge in [-0.05, 0) is 37.5 Å². The Morgan fingerprint density at radius 1 is 1.38 bits per heavy atom. The van der Waals surface area contributed by atoms with Crippen molar-refractivity contribution < 1.29 is 19.1 Å². The van der Waals surface area contributed by atoms with Gasteiger partial charge in [0.05, 0.1) is 18.2 Å². The van der Waals surface area contributed by atoms with Gasteiger partial charge in [-0.2, -0.15) is 0 Å². The molecule has 1 fully saturated rings. The van der Waals surface area contributed by atoms with Crippen molar-refractivity contribution >= 4 is 17.6 Å². The van der Waals surface area contributed by atoms with Crippen molar-refractivity contribution in [3.63, 3.8) is 0 Å². The van der Waals surface area contributed by atoms with E-state index in [1.165, 1.54) is 6.07 Å². The fourth-order valence-electron chi connectivity index (χ4n) is 2.43. The highest BCUT2D eigenvalue weighted by atomic mass is 19.1. The minimum absolute atomic E-state index is 0.0120. The van der Waals surface area contributed by atoms with Gasteiger partial charge in [-0.25, -0.2) is 4.39 Å². The Balaban J connectivity index is 1.85. The largest absolute Gasteiger partial charge is 0.481 e. The third-order valence-corrected chi connectivity index (χ3v) is 3.75. The summed E-state index contributed by atoms with van der Waals surface area (Å²) in [6.45, 7) is 2.74. The van der Waals surface area contributed by atoms with E-state index in [1.807, 2.05) is 6.92 Å². The van der Waals surface area contributed by atoms with Crippen LogP contribution in [0.15, 0.2) is 18.2 Å². The fraction of sp³-hybridized carbons (Fsp3) is 0.467. The molecule has 0 radical (unpaired) electrons. The van der Waals surface area contributed by atoms with Crippen molar-refractivity contribution in [2.45, 2.75) is 19.8 Å². The van der Waals surface area contributed by atoms with Crippen molar-refractivity contribution in [3.05, 3.63) is 29.6 Å². The summed E-state index contributed by atoms with van der Waals surface area (Å²) >= 11 is 0. The molecular formula is C15H19FN2O3. The van der Waals surface area contributed by atoms with Crippen molar-refractivity contribution in [1.29, 1.82) is 0 Å². The molecule has 2 rings (SSSR count). The highest BCUT2D eigenvalue weighted by Crippen LogP contribution is 2.18. The molecule has 5 nitrogen and oxygen atoms in total. The summed E-state index contributed by atoms with van der Waals surface area (Å²) in [5.74, 6) is -1.70. The summed E-state index contributed by atoms with van der Waals surface area (Å²) in [5.41, 5.74) is 1.22. The molecule has 1 aliphatic rings. The van der Waals surface area contributed by atoms with Crippen molar-refractivity contribution in [2.75, 3.05) is 25.0 Å². The third kappa shape index (κ3) is 3.93. The van der Waals surface area contributed by atoms with Crippen molar-refractivity contribution in [1.82, 2.24) is 4.90 Å². The minimum atomic E-state index is -0.804.